The number of para-hydroxylation sites is 1. The van der Waals surface area contributed by atoms with Crippen LogP contribution in [0, 0.1) is 0 Å². The van der Waals surface area contributed by atoms with E-state index in [1.165, 1.54) is 11.8 Å². The Morgan fingerprint density at radius 2 is 2.16 bits per heavy atom. The predicted molar refractivity (Wildman–Crippen MR) is 93.0 cm³/mol. The molecule has 1 aromatic carbocycles. The monoisotopic (exact) mass is 361 g/mol. The maximum Gasteiger partial charge on any atom is 0.344 e. The first-order valence-electron chi connectivity index (χ1n) is 8.00. The fourth-order valence-corrected chi connectivity index (χ4v) is 3.82. The second-order valence-electron chi connectivity index (χ2n) is 5.40. The molecule has 3 rings (SSSR count). The summed E-state index contributed by atoms with van der Waals surface area (Å²) in [7, 11) is 0. The number of ether oxygens (including phenoxy) is 2. The molecule has 0 N–H and O–H groups in total. The maximum atomic E-state index is 12.3. The van der Waals surface area contributed by atoms with Gasteiger partial charge in [-0.05, 0) is 25.1 Å². The van der Waals surface area contributed by atoms with Gasteiger partial charge in [-0.1, -0.05) is 18.2 Å². The number of furan rings is 1. The Bertz CT molecular complexity index is 731. The van der Waals surface area contributed by atoms with Crippen molar-refractivity contribution in [3.63, 3.8) is 0 Å². The molecule has 1 fully saturated rings. The van der Waals surface area contributed by atoms with Crippen LogP contribution in [0.3, 0.4) is 0 Å². The highest BCUT2D eigenvalue weighted by Gasteiger charge is 2.35. The number of benzene rings is 1. The molecule has 1 aromatic heterocycles. The summed E-state index contributed by atoms with van der Waals surface area (Å²) in [6.07, 6.45) is 1.59. The highest BCUT2D eigenvalue weighted by Crippen LogP contribution is 2.43. The predicted octanol–water partition coefficient (Wildman–Crippen LogP) is 3.00. The van der Waals surface area contributed by atoms with Gasteiger partial charge in [-0.25, -0.2) is 4.79 Å². The molecule has 1 unspecified atom stereocenters. The lowest BCUT2D eigenvalue weighted by atomic mass is 10.1. The third kappa shape index (κ3) is 4.17. The Morgan fingerprint density at radius 3 is 2.92 bits per heavy atom. The number of rotatable bonds is 7. The lowest BCUT2D eigenvalue weighted by Gasteiger charge is -2.25. The molecule has 0 saturated carbocycles. The quantitative estimate of drug-likeness (QED) is 0.706. The standard InChI is InChI=1S/C18H19NO5S/c1-2-22-17(21)11-24-15-8-4-3-7-14(15)18-19(16(20)12-25-18)10-13-6-5-9-23-13/h3-9,18H,2,10-12H2,1H3. The molecular formula is C18H19NO5S. The smallest absolute Gasteiger partial charge is 0.344 e. The molecule has 1 amide bonds. The molecule has 0 bridgehead atoms. The summed E-state index contributed by atoms with van der Waals surface area (Å²) in [5.41, 5.74) is 0.856. The van der Waals surface area contributed by atoms with Crippen LogP contribution in [0.4, 0.5) is 0 Å². The van der Waals surface area contributed by atoms with Gasteiger partial charge in [0.05, 0.1) is 25.2 Å². The molecule has 2 heterocycles. The number of hydrogen-bond acceptors (Lipinski definition) is 6. The first-order chi connectivity index (χ1) is 12.2. The number of carbonyl (C=O) groups excluding carboxylic acids is 2. The maximum absolute atomic E-state index is 12.3. The number of amides is 1. The van der Waals surface area contributed by atoms with E-state index in [0.29, 0.717) is 24.7 Å². The summed E-state index contributed by atoms with van der Waals surface area (Å²) in [5.74, 6) is 1.34. The number of nitrogens with zero attached hydrogens (tertiary/aromatic N) is 1. The average Bonchev–Trinajstić information content (AvgIpc) is 3.25. The SMILES string of the molecule is CCOC(=O)COc1ccccc1C1SCC(=O)N1Cc1ccco1. The van der Waals surface area contributed by atoms with E-state index < -0.39 is 5.97 Å². The Kier molecular flexibility index (Phi) is 5.65. The van der Waals surface area contributed by atoms with Crippen molar-refractivity contribution in [3.8, 4) is 5.75 Å². The molecule has 0 aliphatic carbocycles. The van der Waals surface area contributed by atoms with Crippen molar-refractivity contribution < 1.29 is 23.5 Å². The van der Waals surface area contributed by atoms with Crippen LogP contribution in [0.2, 0.25) is 0 Å². The minimum atomic E-state index is -0.417. The Morgan fingerprint density at radius 1 is 1.32 bits per heavy atom. The van der Waals surface area contributed by atoms with Gasteiger partial charge < -0.3 is 18.8 Å². The molecular weight excluding hydrogens is 342 g/mol. The van der Waals surface area contributed by atoms with Gasteiger partial charge in [-0.3, -0.25) is 4.79 Å². The van der Waals surface area contributed by atoms with E-state index in [2.05, 4.69) is 0 Å². The van der Waals surface area contributed by atoms with Crippen LogP contribution in [0.5, 0.6) is 5.75 Å². The van der Waals surface area contributed by atoms with Gasteiger partial charge in [0.25, 0.3) is 0 Å². The van der Waals surface area contributed by atoms with E-state index >= 15 is 0 Å². The molecule has 6 nitrogen and oxygen atoms in total. The van der Waals surface area contributed by atoms with Gasteiger partial charge in [0.1, 0.15) is 16.9 Å². The minimum absolute atomic E-state index is 0.0478. The molecule has 132 valence electrons. The fourth-order valence-electron chi connectivity index (χ4n) is 2.61. The lowest BCUT2D eigenvalue weighted by molar-refractivity contribution is -0.145. The van der Waals surface area contributed by atoms with E-state index in [-0.39, 0.29) is 17.9 Å². The summed E-state index contributed by atoms with van der Waals surface area (Å²) < 4.78 is 15.9. The third-order valence-electron chi connectivity index (χ3n) is 3.71. The van der Waals surface area contributed by atoms with Gasteiger partial charge >= 0.3 is 5.97 Å². The highest BCUT2D eigenvalue weighted by molar-refractivity contribution is 8.00. The van der Waals surface area contributed by atoms with Crippen LogP contribution in [0.25, 0.3) is 0 Å². The van der Waals surface area contributed by atoms with Gasteiger partial charge in [0.15, 0.2) is 6.61 Å². The van der Waals surface area contributed by atoms with Crippen molar-refractivity contribution in [2.45, 2.75) is 18.8 Å². The van der Waals surface area contributed by atoms with Crippen molar-refractivity contribution in [3.05, 3.63) is 54.0 Å². The fraction of sp³-hybridized carbons (Fsp3) is 0.333. The van der Waals surface area contributed by atoms with Crippen LogP contribution >= 0.6 is 11.8 Å². The van der Waals surface area contributed by atoms with Gasteiger partial charge in [0, 0.05) is 5.56 Å². The van der Waals surface area contributed by atoms with Crippen molar-refractivity contribution in [1.29, 1.82) is 0 Å². The molecule has 1 aliphatic heterocycles. The Labute approximate surface area is 150 Å². The summed E-state index contributed by atoms with van der Waals surface area (Å²) in [5, 5.41) is -0.184. The molecule has 0 spiro atoms. The summed E-state index contributed by atoms with van der Waals surface area (Å²) in [6.45, 7) is 2.30. The number of carbonyl (C=O) groups is 2. The first kappa shape index (κ1) is 17.4. The molecule has 7 heteroatoms. The molecule has 0 radical (unpaired) electrons. The Hall–Kier alpha value is -2.41. The third-order valence-corrected chi connectivity index (χ3v) is 4.95. The van der Waals surface area contributed by atoms with E-state index in [9.17, 15) is 9.59 Å². The second-order valence-corrected chi connectivity index (χ2v) is 6.46. The van der Waals surface area contributed by atoms with Crippen molar-refractivity contribution in [2.24, 2.45) is 0 Å². The zero-order valence-corrected chi connectivity index (χ0v) is 14.7. The molecule has 1 atom stereocenters. The van der Waals surface area contributed by atoms with E-state index in [1.54, 1.807) is 30.2 Å². The van der Waals surface area contributed by atoms with Crippen molar-refractivity contribution >= 4 is 23.6 Å². The first-order valence-corrected chi connectivity index (χ1v) is 9.04. The van der Waals surface area contributed by atoms with Crippen molar-refractivity contribution in [1.82, 2.24) is 4.90 Å². The summed E-state index contributed by atoms with van der Waals surface area (Å²) in [4.78, 5) is 25.6. The number of hydrogen-bond donors (Lipinski definition) is 0. The van der Waals surface area contributed by atoms with Crippen LogP contribution in [-0.4, -0.2) is 35.7 Å². The molecule has 25 heavy (non-hydrogen) atoms. The van der Waals surface area contributed by atoms with E-state index in [1.807, 2.05) is 24.3 Å². The van der Waals surface area contributed by atoms with E-state index in [0.717, 1.165) is 11.3 Å². The lowest BCUT2D eigenvalue weighted by Crippen LogP contribution is -2.28. The molecule has 2 aromatic rings. The zero-order chi connectivity index (χ0) is 17.6. The van der Waals surface area contributed by atoms with Crippen LogP contribution in [0.1, 0.15) is 23.6 Å². The normalized spacial score (nSPS) is 16.9. The van der Waals surface area contributed by atoms with Crippen LogP contribution in [0.15, 0.2) is 47.1 Å². The van der Waals surface area contributed by atoms with Crippen LogP contribution < -0.4 is 4.74 Å². The highest BCUT2D eigenvalue weighted by atomic mass is 32.2. The largest absolute Gasteiger partial charge is 0.482 e. The number of thioether (sulfide) groups is 1. The topological polar surface area (TPSA) is 69.0 Å². The number of esters is 1. The van der Waals surface area contributed by atoms with E-state index in [4.69, 9.17) is 13.9 Å². The van der Waals surface area contributed by atoms with Gasteiger partial charge in [0.2, 0.25) is 5.91 Å². The molecule has 1 aliphatic rings. The van der Waals surface area contributed by atoms with Gasteiger partial charge in [-0.15, -0.1) is 11.8 Å². The summed E-state index contributed by atoms with van der Waals surface area (Å²) >= 11 is 1.53. The van der Waals surface area contributed by atoms with Crippen molar-refractivity contribution in [2.75, 3.05) is 19.0 Å². The average molecular weight is 361 g/mol. The van der Waals surface area contributed by atoms with Crippen LogP contribution in [-0.2, 0) is 20.9 Å². The van der Waals surface area contributed by atoms with Gasteiger partial charge in [-0.2, -0.15) is 0 Å². The zero-order valence-electron chi connectivity index (χ0n) is 13.8. The minimum Gasteiger partial charge on any atom is -0.482 e. The summed E-state index contributed by atoms with van der Waals surface area (Å²) in [6, 6.07) is 11.1. The second kappa shape index (κ2) is 8.11. The Balaban J connectivity index is 1.77. The molecule has 1 saturated heterocycles.